The standard InChI is InChI=1S/C21H20N2O7/c1-12(21(26)27)30-18-16(28-2)10-13(11-17(18)29-3)9-15-19(24)22-23(20(15)25)14-7-5-4-6-8-14/h4-12H,1-3H3,(H,22,24)(H,26,27)/b15-9-/t12-/m1/s1. The van der Waals surface area contributed by atoms with E-state index >= 15 is 0 Å². The third kappa shape index (κ3) is 4.04. The van der Waals surface area contributed by atoms with Crippen LogP contribution in [0.4, 0.5) is 5.69 Å². The monoisotopic (exact) mass is 412 g/mol. The van der Waals surface area contributed by atoms with Crippen molar-refractivity contribution in [3.63, 3.8) is 0 Å². The van der Waals surface area contributed by atoms with E-state index in [1.54, 1.807) is 30.3 Å². The highest BCUT2D eigenvalue weighted by Gasteiger charge is 2.34. The average Bonchev–Trinajstić information content (AvgIpc) is 3.03. The summed E-state index contributed by atoms with van der Waals surface area (Å²) in [4.78, 5) is 36.2. The van der Waals surface area contributed by atoms with Gasteiger partial charge in [0.05, 0.1) is 19.9 Å². The number of ether oxygens (including phenoxy) is 3. The van der Waals surface area contributed by atoms with Crippen molar-refractivity contribution in [3.05, 3.63) is 53.6 Å². The zero-order valence-corrected chi connectivity index (χ0v) is 16.5. The molecule has 156 valence electrons. The van der Waals surface area contributed by atoms with Gasteiger partial charge in [0.15, 0.2) is 17.6 Å². The van der Waals surface area contributed by atoms with Crippen molar-refractivity contribution >= 4 is 29.5 Å². The molecular formula is C21H20N2O7. The molecule has 2 amide bonds. The first-order valence-corrected chi connectivity index (χ1v) is 8.93. The lowest BCUT2D eigenvalue weighted by atomic mass is 10.1. The summed E-state index contributed by atoms with van der Waals surface area (Å²) in [5, 5.41) is 10.3. The van der Waals surface area contributed by atoms with Gasteiger partial charge in [0.25, 0.3) is 11.8 Å². The third-order valence-corrected chi connectivity index (χ3v) is 4.34. The number of hydrogen-bond donors (Lipinski definition) is 2. The Hall–Kier alpha value is -4.01. The number of methoxy groups -OCH3 is 2. The first kappa shape index (κ1) is 20.7. The molecule has 3 rings (SSSR count). The van der Waals surface area contributed by atoms with Crippen LogP contribution in [0.25, 0.3) is 6.08 Å². The molecule has 2 aromatic carbocycles. The van der Waals surface area contributed by atoms with Crippen molar-refractivity contribution in [1.82, 2.24) is 5.43 Å². The minimum absolute atomic E-state index is 0.0736. The fourth-order valence-electron chi connectivity index (χ4n) is 2.81. The minimum atomic E-state index is -1.15. The Labute approximate surface area is 172 Å². The highest BCUT2D eigenvalue weighted by molar-refractivity contribution is 6.31. The normalized spacial score (nSPS) is 15.7. The lowest BCUT2D eigenvalue weighted by Gasteiger charge is -2.17. The summed E-state index contributed by atoms with van der Waals surface area (Å²) in [6, 6.07) is 11.7. The number of carbonyl (C=O) groups excluding carboxylic acids is 2. The number of amides is 2. The molecule has 0 unspecified atom stereocenters. The van der Waals surface area contributed by atoms with E-state index in [-0.39, 0.29) is 22.8 Å². The summed E-state index contributed by atoms with van der Waals surface area (Å²) >= 11 is 0. The topological polar surface area (TPSA) is 114 Å². The molecule has 0 aromatic heterocycles. The lowest BCUT2D eigenvalue weighted by molar-refractivity contribution is -0.144. The summed E-state index contributed by atoms with van der Waals surface area (Å²) in [7, 11) is 2.77. The number of carbonyl (C=O) groups is 3. The first-order chi connectivity index (χ1) is 14.3. The molecule has 0 aliphatic carbocycles. The van der Waals surface area contributed by atoms with Crippen LogP contribution < -0.4 is 24.6 Å². The number of nitrogens with one attached hydrogen (secondary N) is 1. The Bertz CT molecular complexity index is 992. The van der Waals surface area contributed by atoms with Gasteiger partial charge >= 0.3 is 5.97 Å². The molecule has 1 saturated heterocycles. The van der Waals surface area contributed by atoms with Gasteiger partial charge in [0, 0.05) is 0 Å². The quantitative estimate of drug-likeness (QED) is 0.528. The second-order valence-corrected chi connectivity index (χ2v) is 6.33. The van der Waals surface area contributed by atoms with Gasteiger partial charge in [0.1, 0.15) is 5.57 Å². The number of nitrogens with zero attached hydrogens (tertiary/aromatic N) is 1. The van der Waals surface area contributed by atoms with Crippen LogP contribution in [0.1, 0.15) is 12.5 Å². The summed E-state index contributed by atoms with van der Waals surface area (Å²) in [6.07, 6.45) is 0.259. The smallest absolute Gasteiger partial charge is 0.344 e. The van der Waals surface area contributed by atoms with E-state index in [4.69, 9.17) is 19.3 Å². The number of benzene rings is 2. The second-order valence-electron chi connectivity index (χ2n) is 6.33. The zero-order chi connectivity index (χ0) is 21.8. The molecule has 1 aliphatic heterocycles. The van der Waals surface area contributed by atoms with Gasteiger partial charge in [0.2, 0.25) is 5.75 Å². The van der Waals surface area contributed by atoms with Crippen molar-refractivity contribution in [2.45, 2.75) is 13.0 Å². The van der Waals surface area contributed by atoms with Crippen molar-refractivity contribution in [3.8, 4) is 17.2 Å². The maximum Gasteiger partial charge on any atom is 0.344 e. The average molecular weight is 412 g/mol. The van der Waals surface area contributed by atoms with Crippen molar-refractivity contribution in [2.24, 2.45) is 0 Å². The Balaban J connectivity index is 1.97. The van der Waals surface area contributed by atoms with E-state index in [1.165, 1.54) is 39.4 Å². The van der Waals surface area contributed by atoms with E-state index in [2.05, 4.69) is 5.43 Å². The molecule has 0 bridgehead atoms. The molecule has 9 heteroatoms. The summed E-state index contributed by atoms with van der Waals surface area (Å²) in [5.41, 5.74) is 3.41. The minimum Gasteiger partial charge on any atom is -0.493 e. The van der Waals surface area contributed by atoms with E-state index in [0.29, 0.717) is 11.3 Å². The molecular weight excluding hydrogens is 392 g/mol. The molecule has 0 saturated carbocycles. The van der Waals surface area contributed by atoms with E-state index in [9.17, 15) is 14.4 Å². The van der Waals surface area contributed by atoms with Crippen LogP contribution in [0.3, 0.4) is 0 Å². The first-order valence-electron chi connectivity index (χ1n) is 8.93. The lowest BCUT2D eigenvalue weighted by Crippen LogP contribution is -2.35. The number of carboxylic acid groups (broad SMARTS) is 1. The summed E-state index contributed by atoms with van der Waals surface area (Å²) in [6.45, 7) is 1.37. The molecule has 2 aromatic rings. The number of carboxylic acids is 1. The van der Waals surface area contributed by atoms with Crippen LogP contribution in [0.5, 0.6) is 17.2 Å². The predicted molar refractivity (Wildman–Crippen MR) is 107 cm³/mol. The zero-order valence-electron chi connectivity index (χ0n) is 16.5. The molecule has 1 fully saturated rings. The van der Waals surface area contributed by atoms with E-state index < -0.39 is 23.9 Å². The van der Waals surface area contributed by atoms with Gasteiger partial charge < -0.3 is 19.3 Å². The molecule has 1 aliphatic rings. The summed E-state index contributed by atoms with van der Waals surface area (Å²) in [5.74, 6) is -1.73. The maximum atomic E-state index is 12.7. The Kier molecular flexibility index (Phi) is 5.91. The van der Waals surface area contributed by atoms with Crippen molar-refractivity contribution in [1.29, 1.82) is 0 Å². The van der Waals surface area contributed by atoms with Gasteiger partial charge in [-0.2, -0.15) is 0 Å². The molecule has 1 atom stereocenters. The van der Waals surface area contributed by atoms with Gasteiger partial charge in [-0.05, 0) is 42.8 Å². The predicted octanol–water partition coefficient (Wildman–Crippen LogP) is 2.02. The molecule has 30 heavy (non-hydrogen) atoms. The Morgan fingerprint density at radius 3 is 2.23 bits per heavy atom. The molecule has 9 nitrogen and oxygen atoms in total. The van der Waals surface area contributed by atoms with Crippen molar-refractivity contribution in [2.75, 3.05) is 19.2 Å². The second kappa shape index (κ2) is 8.56. The van der Waals surface area contributed by atoms with Crippen molar-refractivity contribution < 1.29 is 33.7 Å². The summed E-state index contributed by atoms with van der Waals surface area (Å²) < 4.78 is 16.0. The third-order valence-electron chi connectivity index (χ3n) is 4.34. The molecule has 2 N–H and O–H groups in total. The van der Waals surface area contributed by atoms with Gasteiger partial charge in [-0.25, -0.2) is 9.80 Å². The van der Waals surface area contributed by atoms with Crippen LogP contribution in [0.15, 0.2) is 48.0 Å². The SMILES string of the molecule is COc1cc(/C=C2/C(=O)NN(c3ccccc3)C2=O)cc(OC)c1O[C@H](C)C(=O)O. The van der Waals surface area contributed by atoms with Gasteiger partial charge in [-0.1, -0.05) is 18.2 Å². The molecule has 1 heterocycles. The Morgan fingerprint density at radius 1 is 1.10 bits per heavy atom. The largest absolute Gasteiger partial charge is 0.493 e. The highest BCUT2D eigenvalue weighted by atomic mass is 16.6. The highest BCUT2D eigenvalue weighted by Crippen LogP contribution is 2.40. The van der Waals surface area contributed by atoms with Crippen LogP contribution in [-0.2, 0) is 14.4 Å². The van der Waals surface area contributed by atoms with Crippen LogP contribution in [-0.4, -0.2) is 43.2 Å². The number of anilines is 1. The van der Waals surface area contributed by atoms with E-state index in [0.717, 1.165) is 5.01 Å². The van der Waals surface area contributed by atoms with Crippen LogP contribution >= 0.6 is 0 Å². The number of aliphatic carboxylic acids is 1. The number of rotatable bonds is 7. The maximum absolute atomic E-state index is 12.7. The van der Waals surface area contributed by atoms with Crippen LogP contribution in [0.2, 0.25) is 0 Å². The number of hydrogen-bond acceptors (Lipinski definition) is 6. The number of hydrazine groups is 1. The van der Waals surface area contributed by atoms with Gasteiger partial charge in [-0.15, -0.1) is 0 Å². The molecule has 0 spiro atoms. The fourth-order valence-corrected chi connectivity index (χ4v) is 2.81. The van der Waals surface area contributed by atoms with E-state index in [1.807, 2.05) is 0 Å². The van der Waals surface area contributed by atoms with Crippen LogP contribution in [0, 0.1) is 0 Å². The number of para-hydroxylation sites is 1. The van der Waals surface area contributed by atoms with Gasteiger partial charge in [-0.3, -0.25) is 15.0 Å². The fraction of sp³-hybridized carbons (Fsp3) is 0.190. The molecule has 0 radical (unpaired) electrons. The Morgan fingerprint density at radius 2 is 1.70 bits per heavy atom.